The smallest absolute Gasteiger partial charge is 0.255 e. The van der Waals surface area contributed by atoms with E-state index in [0.29, 0.717) is 5.56 Å². The van der Waals surface area contributed by atoms with E-state index in [1.807, 2.05) is 29.2 Å². The molecule has 0 spiro atoms. The molecule has 2 aliphatic heterocycles. The molecule has 1 amide bonds. The number of ether oxygens (including phenoxy) is 1. The fraction of sp³-hybridized carbons (Fsp3) is 0.478. The third kappa shape index (κ3) is 4.47. The number of hydrogen-bond acceptors (Lipinski definition) is 5. The van der Waals surface area contributed by atoms with Gasteiger partial charge in [-0.1, -0.05) is 6.92 Å². The van der Waals surface area contributed by atoms with Crippen LogP contribution in [0.4, 0.5) is 11.5 Å². The Labute approximate surface area is 173 Å². The minimum Gasteiger partial charge on any atom is -0.497 e. The molecular formula is C23H30N4O2. The van der Waals surface area contributed by atoms with Crippen molar-refractivity contribution in [2.24, 2.45) is 5.92 Å². The summed E-state index contributed by atoms with van der Waals surface area (Å²) in [6.45, 7) is 7.69. The molecule has 0 bridgehead atoms. The van der Waals surface area contributed by atoms with Crippen molar-refractivity contribution in [2.45, 2.75) is 19.8 Å². The molecule has 2 saturated heterocycles. The van der Waals surface area contributed by atoms with Crippen LogP contribution in [0.15, 0.2) is 42.6 Å². The minimum atomic E-state index is 0.111. The molecular weight excluding hydrogens is 364 g/mol. The minimum absolute atomic E-state index is 0.111. The summed E-state index contributed by atoms with van der Waals surface area (Å²) in [5.41, 5.74) is 1.91. The molecule has 0 saturated carbocycles. The lowest BCUT2D eigenvalue weighted by molar-refractivity contribution is 0.0697. The quantitative estimate of drug-likeness (QED) is 0.796. The van der Waals surface area contributed by atoms with Gasteiger partial charge in [0.25, 0.3) is 5.91 Å². The van der Waals surface area contributed by atoms with Crippen molar-refractivity contribution < 1.29 is 9.53 Å². The number of benzene rings is 1. The van der Waals surface area contributed by atoms with Crippen LogP contribution in [0.2, 0.25) is 0 Å². The number of aromatic nitrogens is 1. The number of rotatable bonds is 4. The molecule has 0 radical (unpaired) electrons. The molecule has 3 heterocycles. The van der Waals surface area contributed by atoms with Gasteiger partial charge in [0.05, 0.1) is 12.7 Å². The van der Waals surface area contributed by atoms with Gasteiger partial charge in [0, 0.05) is 51.2 Å². The second kappa shape index (κ2) is 8.72. The number of amides is 1. The normalized spacial score (nSPS) is 18.1. The second-order valence-corrected chi connectivity index (χ2v) is 8.05. The zero-order valence-corrected chi connectivity index (χ0v) is 17.4. The lowest BCUT2D eigenvalue weighted by Gasteiger charge is -2.36. The van der Waals surface area contributed by atoms with E-state index in [2.05, 4.69) is 33.8 Å². The van der Waals surface area contributed by atoms with Crippen LogP contribution >= 0.6 is 0 Å². The molecule has 0 aliphatic carbocycles. The Bertz CT molecular complexity index is 806. The van der Waals surface area contributed by atoms with Gasteiger partial charge in [-0.25, -0.2) is 4.98 Å². The van der Waals surface area contributed by atoms with Gasteiger partial charge in [0.15, 0.2) is 0 Å². The number of methoxy groups -OCH3 is 1. The molecule has 154 valence electrons. The Balaban J connectivity index is 1.33. The van der Waals surface area contributed by atoms with Gasteiger partial charge in [-0.05, 0) is 55.2 Å². The summed E-state index contributed by atoms with van der Waals surface area (Å²) >= 11 is 0. The Morgan fingerprint density at radius 3 is 2.17 bits per heavy atom. The average Bonchev–Trinajstić information content (AvgIpc) is 2.79. The van der Waals surface area contributed by atoms with Crippen LogP contribution in [0, 0.1) is 5.92 Å². The Kier molecular flexibility index (Phi) is 5.88. The molecule has 2 fully saturated rings. The van der Waals surface area contributed by atoms with Crippen molar-refractivity contribution in [2.75, 3.05) is 56.2 Å². The summed E-state index contributed by atoms with van der Waals surface area (Å²) in [5.74, 6) is 2.66. The number of hydrogen-bond donors (Lipinski definition) is 0. The maximum atomic E-state index is 12.7. The molecule has 0 N–H and O–H groups in total. The first-order valence-corrected chi connectivity index (χ1v) is 10.5. The Hall–Kier alpha value is -2.76. The van der Waals surface area contributed by atoms with E-state index in [0.717, 1.165) is 69.6 Å². The van der Waals surface area contributed by atoms with Gasteiger partial charge in [-0.15, -0.1) is 0 Å². The number of pyridine rings is 1. The van der Waals surface area contributed by atoms with Crippen LogP contribution < -0.4 is 14.5 Å². The Morgan fingerprint density at radius 2 is 1.59 bits per heavy atom. The van der Waals surface area contributed by atoms with Crippen LogP contribution in [-0.2, 0) is 0 Å². The number of carbonyl (C=O) groups is 1. The van der Waals surface area contributed by atoms with Gasteiger partial charge >= 0.3 is 0 Å². The summed E-state index contributed by atoms with van der Waals surface area (Å²) in [6.07, 6.45) is 3.93. The van der Waals surface area contributed by atoms with E-state index in [1.165, 1.54) is 5.69 Å². The van der Waals surface area contributed by atoms with E-state index in [1.54, 1.807) is 13.3 Å². The molecule has 6 heteroatoms. The molecule has 29 heavy (non-hydrogen) atoms. The standard InChI is InChI=1S/C23H30N4O2/c1-18-9-11-27(12-10-18)23(28)19-3-8-22(24-17-19)26-15-13-25(14-16-26)20-4-6-21(29-2)7-5-20/h3-8,17-18H,9-16H2,1-2H3. The van der Waals surface area contributed by atoms with E-state index < -0.39 is 0 Å². The molecule has 0 atom stereocenters. The number of piperazine rings is 1. The van der Waals surface area contributed by atoms with E-state index in [-0.39, 0.29) is 5.91 Å². The van der Waals surface area contributed by atoms with Crippen molar-refractivity contribution in [3.8, 4) is 5.75 Å². The van der Waals surface area contributed by atoms with E-state index in [4.69, 9.17) is 4.74 Å². The van der Waals surface area contributed by atoms with Gasteiger partial charge in [0.1, 0.15) is 11.6 Å². The van der Waals surface area contributed by atoms with Crippen LogP contribution in [0.3, 0.4) is 0 Å². The summed E-state index contributed by atoms with van der Waals surface area (Å²) in [4.78, 5) is 23.9. The summed E-state index contributed by atoms with van der Waals surface area (Å²) in [6, 6.07) is 12.1. The van der Waals surface area contributed by atoms with Crippen molar-refractivity contribution in [1.29, 1.82) is 0 Å². The van der Waals surface area contributed by atoms with Gasteiger partial charge in [-0.2, -0.15) is 0 Å². The zero-order valence-electron chi connectivity index (χ0n) is 17.4. The van der Waals surface area contributed by atoms with Crippen molar-refractivity contribution in [1.82, 2.24) is 9.88 Å². The Morgan fingerprint density at radius 1 is 0.931 bits per heavy atom. The zero-order chi connectivity index (χ0) is 20.2. The average molecular weight is 395 g/mol. The summed E-state index contributed by atoms with van der Waals surface area (Å²) in [5, 5.41) is 0. The molecule has 2 aromatic rings. The van der Waals surface area contributed by atoms with Crippen molar-refractivity contribution in [3.63, 3.8) is 0 Å². The predicted octanol–water partition coefficient (Wildman–Crippen LogP) is 3.29. The highest BCUT2D eigenvalue weighted by molar-refractivity contribution is 5.94. The third-order valence-electron chi connectivity index (χ3n) is 6.11. The monoisotopic (exact) mass is 394 g/mol. The van der Waals surface area contributed by atoms with Crippen LogP contribution in [-0.4, -0.2) is 62.2 Å². The predicted molar refractivity (Wildman–Crippen MR) is 116 cm³/mol. The lowest BCUT2D eigenvalue weighted by atomic mass is 9.99. The van der Waals surface area contributed by atoms with Crippen molar-refractivity contribution >= 4 is 17.4 Å². The summed E-state index contributed by atoms with van der Waals surface area (Å²) in [7, 11) is 1.69. The fourth-order valence-electron chi connectivity index (χ4n) is 4.08. The van der Waals surface area contributed by atoms with Crippen LogP contribution in [0.25, 0.3) is 0 Å². The largest absolute Gasteiger partial charge is 0.497 e. The first-order chi connectivity index (χ1) is 14.1. The second-order valence-electron chi connectivity index (χ2n) is 8.05. The molecule has 2 aliphatic rings. The van der Waals surface area contributed by atoms with E-state index in [9.17, 15) is 4.79 Å². The molecule has 6 nitrogen and oxygen atoms in total. The first-order valence-electron chi connectivity index (χ1n) is 10.5. The highest BCUT2D eigenvalue weighted by atomic mass is 16.5. The maximum Gasteiger partial charge on any atom is 0.255 e. The molecule has 1 aromatic heterocycles. The number of likely N-dealkylation sites (tertiary alicyclic amines) is 1. The highest BCUT2D eigenvalue weighted by Gasteiger charge is 2.23. The van der Waals surface area contributed by atoms with E-state index >= 15 is 0 Å². The number of nitrogens with zero attached hydrogens (tertiary/aromatic N) is 4. The topological polar surface area (TPSA) is 48.9 Å². The van der Waals surface area contributed by atoms with Crippen LogP contribution in [0.1, 0.15) is 30.1 Å². The van der Waals surface area contributed by atoms with Crippen molar-refractivity contribution in [3.05, 3.63) is 48.2 Å². The first kappa shape index (κ1) is 19.6. The van der Waals surface area contributed by atoms with Gasteiger partial charge in [-0.3, -0.25) is 4.79 Å². The fourth-order valence-corrected chi connectivity index (χ4v) is 4.08. The molecule has 0 unspecified atom stereocenters. The molecule has 1 aromatic carbocycles. The SMILES string of the molecule is COc1ccc(N2CCN(c3ccc(C(=O)N4CCC(C)CC4)cn3)CC2)cc1. The van der Waals surface area contributed by atoms with Gasteiger partial charge in [0.2, 0.25) is 0 Å². The number of carbonyl (C=O) groups excluding carboxylic acids is 1. The number of piperidine rings is 1. The molecule has 4 rings (SSSR count). The van der Waals surface area contributed by atoms with Crippen LogP contribution in [0.5, 0.6) is 5.75 Å². The summed E-state index contributed by atoms with van der Waals surface area (Å²) < 4.78 is 5.24. The number of anilines is 2. The highest BCUT2D eigenvalue weighted by Crippen LogP contribution is 2.23. The maximum absolute atomic E-state index is 12.7. The lowest BCUT2D eigenvalue weighted by Crippen LogP contribution is -2.46. The van der Waals surface area contributed by atoms with Gasteiger partial charge < -0.3 is 19.4 Å². The third-order valence-corrected chi connectivity index (χ3v) is 6.11.